The number of pyridine rings is 1. The molecule has 3 aromatic rings. The summed E-state index contributed by atoms with van der Waals surface area (Å²) >= 11 is 5.97. The first-order chi connectivity index (χ1) is 21.9. The number of hydrogen-bond donors (Lipinski definition) is 4. The Labute approximate surface area is 277 Å². The zero-order valence-electron chi connectivity index (χ0n) is 26.9. The van der Waals surface area contributed by atoms with E-state index >= 15 is 0 Å². The maximum absolute atomic E-state index is 13.8. The lowest BCUT2D eigenvalue weighted by Crippen LogP contribution is -2.61. The number of aliphatic hydroxyl groups is 2. The molecule has 1 aromatic heterocycles. The summed E-state index contributed by atoms with van der Waals surface area (Å²) in [6.45, 7) is 8.54. The monoisotopic (exact) mass is 647 g/mol. The quantitative estimate of drug-likeness (QED) is 0.235. The van der Waals surface area contributed by atoms with Crippen LogP contribution in [0.5, 0.6) is 0 Å². The molecule has 0 spiro atoms. The molecule has 10 heteroatoms. The van der Waals surface area contributed by atoms with Crippen molar-refractivity contribution in [1.82, 2.24) is 25.4 Å². The number of hydrogen-bond acceptors (Lipinski definition) is 7. The number of aromatic nitrogens is 1. The average molecular weight is 648 g/mol. The number of benzene rings is 2. The fraction of sp³-hybridized carbons (Fsp3) is 0.472. The summed E-state index contributed by atoms with van der Waals surface area (Å²) in [5, 5.41) is 28.9. The first kappa shape index (κ1) is 34.0. The van der Waals surface area contributed by atoms with E-state index < -0.39 is 35.7 Å². The van der Waals surface area contributed by atoms with E-state index in [1.807, 2.05) is 86.3 Å². The number of piperazine rings is 1. The SMILES string of the molecule is CC(C)(C)NC(=O)[C@@H]1CN(Cc2ccc(Cl)nc2)CCN1C[C@@H](O)C[C@@H](Cc1ccccc1)C(=O)NC1c2ccccc2C[C@H]1O. The van der Waals surface area contributed by atoms with Crippen LogP contribution in [-0.2, 0) is 29.0 Å². The number of halogens is 1. The summed E-state index contributed by atoms with van der Waals surface area (Å²) in [4.78, 5) is 35.8. The molecule has 2 aromatic carbocycles. The highest BCUT2D eigenvalue weighted by Crippen LogP contribution is 2.32. The van der Waals surface area contributed by atoms with Gasteiger partial charge in [-0.05, 0) is 61.9 Å². The molecule has 0 bridgehead atoms. The van der Waals surface area contributed by atoms with Crippen molar-refractivity contribution in [3.63, 3.8) is 0 Å². The normalized spacial score (nSPS) is 21.7. The lowest BCUT2D eigenvalue weighted by atomic mass is 9.91. The molecule has 2 aliphatic rings. The van der Waals surface area contributed by atoms with Gasteiger partial charge in [0.05, 0.1) is 18.2 Å². The molecule has 2 heterocycles. The third kappa shape index (κ3) is 9.14. The first-order valence-corrected chi connectivity index (χ1v) is 16.5. The Bertz CT molecular complexity index is 1470. The van der Waals surface area contributed by atoms with Crippen LogP contribution in [0.15, 0.2) is 72.9 Å². The molecule has 46 heavy (non-hydrogen) atoms. The lowest BCUT2D eigenvalue weighted by molar-refractivity contribution is -0.132. The van der Waals surface area contributed by atoms with Crippen LogP contribution in [0.1, 0.15) is 55.5 Å². The molecule has 5 atom stereocenters. The Balaban J connectivity index is 1.28. The third-order valence-electron chi connectivity index (χ3n) is 8.77. The summed E-state index contributed by atoms with van der Waals surface area (Å²) < 4.78 is 0. The van der Waals surface area contributed by atoms with E-state index in [0.717, 1.165) is 22.3 Å². The van der Waals surface area contributed by atoms with Crippen LogP contribution in [0.2, 0.25) is 5.15 Å². The molecule has 246 valence electrons. The van der Waals surface area contributed by atoms with Crippen LogP contribution in [0, 0.1) is 5.92 Å². The van der Waals surface area contributed by atoms with Crippen molar-refractivity contribution in [3.05, 3.63) is 100 Å². The Hall–Kier alpha value is -3.34. The van der Waals surface area contributed by atoms with Gasteiger partial charge in [0.25, 0.3) is 0 Å². The molecule has 1 unspecified atom stereocenters. The van der Waals surface area contributed by atoms with Crippen LogP contribution in [0.4, 0.5) is 0 Å². The van der Waals surface area contributed by atoms with Crippen LogP contribution in [0.3, 0.4) is 0 Å². The zero-order valence-corrected chi connectivity index (χ0v) is 27.7. The molecule has 0 radical (unpaired) electrons. The van der Waals surface area contributed by atoms with Crippen molar-refractivity contribution in [3.8, 4) is 0 Å². The number of amides is 2. The number of carbonyl (C=O) groups excluding carboxylic acids is 2. The predicted molar refractivity (Wildman–Crippen MR) is 179 cm³/mol. The predicted octanol–water partition coefficient (Wildman–Crippen LogP) is 3.52. The number of aliphatic hydroxyl groups excluding tert-OH is 2. The highest BCUT2D eigenvalue weighted by molar-refractivity contribution is 6.29. The smallest absolute Gasteiger partial charge is 0.239 e. The van der Waals surface area contributed by atoms with Gasteiger partial charge in [-0.2, -0.15) is 0 Å². The maximum atomic E-state index is 13.8. The van der Waals surface area contributed by atoms with Gasteiger partial charge in [0, 0.05) is 56.8 Å². The lowest BCUT2D eigenvalue weighted by Gasteiger charge is -2.42. The molecular formula is C36H46ClN5O4. The van der Waals surface area contributed by atoms with Crippen molar-refractivity contribution >= 4 is 23.4 Å². The third-order valence-corrected chi connectivity index (χ3v) is 8.99. The van der Waals surface area contributed by atoms with Gasteiger partial charge in [-0.3, -0.25) is 19.4 Å². The van der Waals surface area contributed by atoms with Gasteiger partial charge in [-0.25, -0.2) is 4.98 Å². The van der Waals surface area contributed by atoms with E-state index in [4.69, 9.17) is 11.6 Å². The standard InChI is InChI=1S/C36H46ClN5O4/c1-36(2,3)40-35(46)30-23-41(21-25-13-14-32(37)38-20-25)15-16-42(30)22-28(43)18-27(17-24-9-5-4-6-10-24)34(45)39-33-29-12-8-7-11-26(29)19-31(33)44/h4-14,20,27-28,30-31,33,43-44H,15-19,21-23H2,1-3H3,(H,39,45)(H,40,46)/t27-,28+,30+,31-,33?/m1/s1. The van der Waals surface area contributed by atoms with Gasteiger partial charge >= 0.3 is 0 Å². The van der Waals surface area contributed by atoms with E-state index in [2.05, 4.69) is 20.5 Å². The second kappa shape index (κ2) is 15.0. The first-order valence-electron chi connectivity index (χ1n) is 16.1. The molecule has 2 amide bonds. The summed E-state index contributed by atoms with van der Waals surface area (Å²) in [5.41, 5.74) is 3.56. The van der Waals surface area contributed by atoms with E-state index in [0.29, 0.717) is 44.2 Å². The van der Waals surface area contributed by atoms with E-state index in [1.165, 1.54) is 0 Å². The fourth-order valence-electron chi connectivity index (χ4n) is 6.57. The van der Waals surface area contributed by atoms with Crippen LogP contribution >= 0.6 is 11.6 Å². The summed E-state index contributed by atoms with van der Waals surface area (Å²) in [6.07, 6.45) is 1.36. The molecule has 9 nitrogen and oxygen atoms in total. The molecule has 1 fully saturated rings. The van der Waals surface area contributed by atoms with Gasteiger partial charge in [0.2, 0.25) is 11.8 Å². The summed E-state index contributed by atoms with van der Waals surface area (Å²) in [6, 6.07) is 20.3. The van der Waals surface area contributed by atoms with E-state index in [9.17, 15) is 19.8 Å². The summed E-state index contributed by atoms with van der Waals surface area (Å²) in [5.74, 6) is -0.823. The number of nitrogens with zero attached hydrogens (tertiary/aromatic N) is 3. The van der Waals surface area contributed by atoms with Crippen LogP contribution in [-0.4, -0.2) is 86.8 Å². The molecular weight excluding hydrogens is 602 g/mol. The van der Waals surface area contributed by atoms with Crippen molar-refractivity contribution in [1.29, 1.82) is 0 Å². The minimum absolute atomic E-state index is 0.0916. The number of fused-ring (bicyclic) bond motifs is 1. The van der Waals surface area contributed by atoms with Gasteiger partial charge in [-0.1, -0.05) is 72.3 Å². The second-order valence-corrected chi connectivity index (χ2v) is 14.1. The highest BCUT2D eigenvalue weighted by Gasteiger charge is 2.37. The molecule has 1 saturated heterocycles. The van der Waals surface area contributed by atoms with E-state index in [1.54, 1.807) is 12.3 Å². The molecule has 1 aliphatic carbocycles. The van der Waals surface area contributed by atoms with Gasteiger partial charge < -0.3 is 20.8 Å². The average Bonchev–Trinajstić information content (AvgIpc) is 3.32. The number of rotatable bonds is 11. The molecule has 5 rings (SSSR count). The fourth-order valence-corrected chi connectivity index (χ4v) is 6.69. The minimum atomic E-state index is -0.850. The van der Waals surface area contributed by atoms with E-state index in [-0.39, 0.29) is 24.8 Å². The molecule has 4 N–H and O–H groups in total. The highest BCUT2D eigenvalue weighted by atomic mass is 35.5. The Morgan fingerprint density at radius 2 is 1.76 bits per heavy atom. The van der Waals surface area contributed by atoms with Crippen molar-refractivity contribution in [2.45, 2.75) is 76.4 Å². The zero-order chi connectivity index (χ0) is 32.8. The van der Waals surface area contributed by atoms with Crippen molar-refractivity contribution in [2.75, 3.05) is 26.2 Å². The Kier molecular flexibility index (Phi) is 11.1. The topological polar surface area (TPSA) is 118 Å². The van der Waals surface area contributed by atoms with Gasteiger partial charge in [0.1, 0.15) is 11.2 Å². The van der Waals surface area contributed by atoms with Crippen LogP contribution in [0.25, 0.3) is 0 Å². The number of β-amino-alcohol motifs (C(OH)–C–C–N with tert-alkyl or cyclic N) is 1. The van der Waals surface area contributed by atoms with Crippen molar-refractivity contribution in [2.24, 2.45) is 5.92 Å². The molecule has 0 saturated carbocycles. The number of nitrogens with one attached hydrogen (secondary N) is 2. The maximum Gasteiger partial charge on any atom is 0.239 e. The Morgan fingerprint density at radius 3 is 2.48 bits per heavy atom. The minimum Gasteiger partial charge on any atom is -0.392 e. The van der Waals surface area contributed by atoms with Crippen LogP contribution < -0.4 is 10.6 Å². The largest absolute Gasteiger partial charge is 0.392 e. The number of carbonyl (C=O) groups is 2. The second-order valence-electron chi connectivity index (χ2n) is 13.7. The molecule has 1 aliphatic heterocycles. The summed E-state index contributed by atoms with van der Waals surface area (Å²) in [7, 11) is 0. The Morgan fingerprint density at radius 1 is 1.02 bits per heavy atom. The van der Waals surface area contributed by atoms with Crippen molar-refractivity contribution < 1.29 is 19.8 Å². The van der Waals surface area contributed by atoms with Gasteiger partial charge in [0.15, 0.2) is 0 Å². The van der Waals surface area contributed by atoms with Gasteiger partial charge in [-0.15, -0.1) is 0 Å².